The van der Waals surface area contributed by atoms with E-state index in [1.165, 1.54) is 0 Å². The molecule has 0 N–H and O–H groups in total. The lowest BCUT2D eigenvalue weighted by molar-refractivity contribution is 0.308. The summed E-state index contributed by atoms with van der Waals surface area (Å²) in [4.78, 5) is 0. The average molecular weight is 162 g/mol. The molecule has 1 aliphatic heterocycles. The van der Waals surface area contributed by atoms with E-state index in [-0.39, 0.29) is 0 Å². The van der Waals surface area contributed by atoms with Crippen molar-refractivity contribution in [1.82, 2.24) is 0 Å². The zero-order valence-corrected chi connectivity index (χ0v) is 6.60. The molecule has 1 rings (SSSR count). The predicted octanol–water partition coefficient (Wildman–Crippen LogP) is 0.886. The summed E-state index contributed by atoms with van der Waals surface area (Å²) in [6.07, 6.45) is 2.43. The molecule has 1 atom stereocenters. The molecular formula is C6H10O3S. The summed E-state index contributed by atoms with van der Waals surface area (Å²) in [5.41, 5.74) is 0. The second kappa shape index (κ2) is 2.72. The van der Waals surface area contributed by atoms with Gasteiger partial charge in [0.1, 0.15) is 0 Å². The van der Waals surface area contributed by atoms with Crippen LogP contribution >= 0.6 is 0 Å². The van der Waals surface area contributed by atoms with Crippen LogP contribution in [0.25, 0.3) is 0 Å². The van der Waals surface area contributed by atoms with Gasteiger partial charge in [0.25, 0.3) is 10.1 Å². The molecule has 0 radical (unpaired) electrons. The highest BCUT2D eigenvalue weighted by atomic mass is 32.2. The molecule has 0 saturated heterocycles. The third-order valence-electron chi connectivity index (χ3n) is 1.39. The SMILES string of the molecule is CC1C=CS(=O)(=O)OCC1. The molecule has 1 heterocycles. The Kier molecular flexibility index (Phi) is 2.11. The van der Waals surface area contributed by atoms with Crippen molar-refractivity contribution in [2.45, 2.75) is 13.3 Å². The molecule has 0 bridgehead atoms. The summed E-state index contributed by atoms with van der Waals surface area (Å²) in [6.45, 7) is 2.26. The van der Waals surface area contributed by atoms with Crippen LogP contribution in [0.1, 0.15) is 13.3 Å². The molecule has 3 nitrogen and oxygen atoms in total. The van der Waals surface area contributed by atoms with E-state index in [0.717, 1.165) is 11.8 Å². The second-order valence-electron chi connectivity index (χ2n) is 2.41. The van der Waals surface area contributed by atoms with Crippen LogP contribution in [0.5, 0.6) is 0 Å². The first-order chi connectivity index (χ1) is 4.60. The summed E-state index contributed by atoms with van der Waals surface area (Å²) < 4.78 is 26.0. The predicted molar refractivity (Wildman–Crippen MR) is 37.8 cm³/mol. The van der Waals surface area contributed by atoms with Crippen molar-refractivity contribution in [3.63, 3.8) is 0 Å². The van der Waals surface area contributed by atoms with E-state index < -0.39 is 10.1 Å². The molecule has 0 aromatic heterocycles. The quantitative estimate of drug-likeness (QED) is 0.497. The summed E-state index contributed by atoms with van der Waals surface area (Å²) in [6, 6.07) is 0. The fourth-order valence-electron chi connectivity index (χ4n) is 0.716. The van der Waals surface area contributed by atoms with E-state index in [9.17, 15) is 8.42 Å². The second-order valence-corrected chi connectivity index (χ2v) is 3.90. The highest BCUT2D eigenvalue weighted by molar-refractivity contribution is 7.89. The average Bonchev–Trinajstić information content (AvgIpc) is 1.94. The van der Waals surface area contributed by atoms with Crippen LogP contribution in [-0.4, -0.2) is 15.0 Å². The maximum Gasteiger partial charge on any atom is 0.289 e. The van der Waals surface area contributed by atoms with Gasteiger partial charge in [-0.15, -0.1) is 0 Å². The first kappa shape index (κ1) is 7.75. The molecule has 4 heteroatoms. The topological polar surface area (TPSA) is 43.4 Å². The Balaban J connectivity index is 2.78. The summed E-state index contributed by atoms with van der Waals surface area (Å²) in [5.74, 6) is 0.303. The van der Waals surface area contributed by atoms with E-state index in [1.54, 1.807) is 6.08 Å². The van der Waals surface area contributed by atoms with Crippen molar-refractivity contribution < 1.29 is 12.6 Å². The molecule has 1 aliphatic rings. The zero-order valence-electron chi connectivity index (χ0n) is 5.78. The minimum absolute atomic E-state index is 0.302. The van der Waals surface area contributed by atoms with Crippen LogP contribution < -0.4 is 0 Å². The van der Waals surface area contributed by atoms with Gasteiger partial charge in [0.05, 0.1) is 12.0 Å². The largest absolute Gasteiger partial charge is 0.289 e. The Labute approximate surface area is 60.8 Å². The van der Waals surface area contributed by atoms with E-state index in [0.29, 0.717) is 12.5 Å². The lowest BCUT2D eigenvalue weighted by Crippen LogP contribution is -2.01. The fourth-order valence-corrected chi connectivity index (χ4v) is 1.58. The molecule has 0 fully saturated rings. The van der Waals surface area contributed by atoms with Crippen LogP contribution in [0.2, 0.25) is 0 Å². The molecule has 0 amide bonds. The van der Waals surface area contributed by atoms with Gasteiger partial charge in [-0.1, -0.05) is 13.0 Å². The smallest absolute Gasteiger partial charge is 0.267 e. The van der Waals surface area contributed by atoms with Crippen LogP contribution in [0.15, 0.2) is 11.5 Å². The van der Waals surface area contributed by atoms with Gasteiger partial charge in [0.2, 0.25) is 0 Å². The molecule has 0 spiro atoms. The van der Waals surface area contributed by atoms with Gasteiger partial charge in [-0.3, -0.25) is 4.18 Å². The van der Waals surface area contributed by atoms with Gasteiger partial charge in [-0.25, -0.2) is 0 Å². The number of allylic oxidation sites excluding steroid dienone is 1. The van der Waals surface area contributed by atoms with Crippen molar-refractivity contribution in [3.8, 4) is 0 Å². The van der Waals surface area contributed by atoms with E-state index in [1.807, 2.05) is 6.92 Å². The van der Waals surface area contributed by atoms with E-state index >= 15 is 0 Å². The zero-order chi connectivity index (χ0) is 7.61. The van der Waals surface area contributed by atoms with Gasteiger partial charge >= 0.3 is 0 Å². The molecule has 0 aliphatic carbocycles. The Morgan fingerprint density at radius 1 is 1.60 bits per heavy atom. The molecule has 0 aromatic rings. The van der Waals surface area contributed by atoms with Gasteiger partial charge in [0.15, 0.2) is 0 Å². The normalized spacial score (nSPS) is 31.5. The van der Waals surface area contributed by atoms with Crippen LogP contribution in [-0.2, 0) is 14.3 Å². The summed E-state index contributed by atoms with van der Waals surface area (Å²) in [5, 5.41) is 1.13. The van der Waals surface area contributed by atoms with Crippen LogP contribution in [0.3, 0.4) is 0 Å². The van der Waals surface area contributed by atoms with Crippen molar-refractivity contribution in [2.75, 3.05) is 6.61 Å². The van der Waals surface area contributed by atoms with Gasteiger partial charge in [0, 0.05) is 0 Å². The number of rotatable bonds is 0. The highest BCUT2D eigenvalue weighted by Crippen LogP contribution is 2.11. The molecular weight excluding hydrogens is 152 g/mol. The van der Waals surface area contributed by atoms with E-state index in [2.05, 4.69) is 4.18 Å². The lowest BCUT2D eigenvalue weighted by Gasteiger charge is -1.98. The molecule has 10 heavy (non-hydrogen) atoms. The minimum Gasteiger partial charge on any atom is -0.267 e. The summed E-state index contributed by atoms with van der Waals surface area (Å²) in [7, 11) is -3.33. The highest BCUT2D eigenvalue weighted by Gasteiger charge is 2.11. The fraction of sp³-hybridized carbons (Fsp3) is 0.667. The standard InChI is InChI=1S/C6H10O3S/c1-6-2-4-9-10(7,8)5-3-6/h3,5-6H,2,4H2,1H3. The first-order valence-electron chi connectivity index (χ1n) is 3.18. The minimum atomic E-state index is -3.33. The Morgan fingerprint density at radius 2 is 2.30 bits per heavy atom. The molecule has 58 valence electrons. The first-order valence-corrected chi connectivity index (χ1v) is 4.65. The van der Waals surface area contributed by atoms with Crippen molar-refractivity contribution in [2.24, 2.45) is 5.92 Å². The maximum absolute atomic E-state index is 10.7. The third-order valence-corrected chi connectivity index (χ3v) is 2.38. The van der Waals surface area contributed by atoms with E-state index in [4.69, 9.17) is 0 Å². The van der Waals surface area contributed by atoms with Gasteiger partial charge in [-0.05, 0) is 12.3 Å². The monoisotopic (exact) mass is 162 g/mol. The Hall–Kier alpha value is -0.350. The Bertz CT molecular complexity index is 227. The molecule has 1 unspecified atom stereocenters. The van der Waals surface area contributed by atoms with Gasteiger partial charge in [-0.2, -0.15) is 8.42 Å². The van der Waals surface area contributed by atoms with Crippen molar-refractivity contribution in [3.05, 3.63) is 11.5 Å². The number of hydrogen-bond donors (Lipinski definition) is 0. The summed E-state index contributed by atoms with van der Waals surface area (Å²) >= 11 is 0. The number of hydrogen-bond acceptors (Lipinski definition) is 3. The van der Waals surface area contributed by atoms with Crippen LogP contribution in [0, 0.1) is 5.92 Å². The van der Waals surface area contributed by atoms with Gasteiger partial charge < -0.3 is 0 Å². The van der Waals surface area contributed by atoms with Crippen molar-refractivity contribution in [1.29, 1.82) is 0 Å². The van der Waals surface area contributed by atoms with Crippen LogP contribution in [0.4, 0.5) is 0 Å². The Morgan fingerprint density at radius 3 is 3.00 bits per heavy atom. The molecule has 0 aromatic carbocycles. The maximum atomic E-state index is 10.7. The lowest BCUT2D eigenvalue weighted by atomic mass is 10.1. The molecule has 0 saturated carbocycles. The van der Waals surface area contributed by atoms with Crippen molar-refractivity contribution >= 4 is 10.1 Å². The third kappa shape index (κ3) is 2.11.